The van der Waals surface area contributed by atoms with Gasteiger partial charge in [0.15, 0.2) is 0 Å². The fraction of sp³-hybridized carbons (Fsp3) is 0.912. The quantitative estimate of drug-likeness (QED) is 0.0272. The van der Waals surface area contributed by atoms with Crippen LogP contribution in [-0.4, -0.2) is 68.5 Å². The highest BCUT2D eigenvalue weighted by molar-refractivity contribution is 7.45. The molecule has 0 fully saturated rings. The summed E-state index contributed by atoms with van der Waals surface area (Å²) in [4.78, 5) is 25.5. The zero-order valence-electron chi connectivity index (χ0n) is 44.7. The van der Waals surface area contributed by atoms with E-state index in [1.54, 1.807) is 6.08 Å². The van der Waals surface area contributed by atoms with Gasteiger partial charge in [-0.15, -0.1) is 0 Å². The van der Waals surface area contributed by atoms with Crippen molar-refractivity contribution >= 4 is 13.7 Å². The van der Waals surface area contributed by atoms with Gasteiger partial charge >= 0.3 is 0 Å². The summed E-state index contributed by atoms with van der Waals surface area (Å²) >= 11 is 0. The Hall–Kier alpha value is -1.02. The molecule has 8 nitrogen and oxygen atoms in total. The van der Waals surface area contributed by atoms with Gasteiger partial charge in [-0.2, -0.15) is 0 Å². The van der Waals surface area contributed by atoms with E-state index in [-0.39, 0.29) is 19.1 Å². The minimum Gasteiger partial charge on any atom is -0.756 e. The van der Waals surface area contributed by atoms with E-state index in [9.17, 15) is 19.4 Å². The van der Waals surface area contributed by atoms with Crippen molar-refractivity contribution < 1.29 is 32.9 Å². The van der Waals surface area contributed by atoms with E-state index in [1.165, 1.54) is 225 Å². The second-order valence-corrected chi connectivity index (χ2v) is 22.4. The number of likely N-dealkylation sites (N-methyl/N-ethyl adjacent to an activating group) is 1. The minimum atomic E-state index is -4.59. The Kier molecular flexibility index (Phi) is 48.2. The van der Waals surface area contributed by atoms with Crippen molar-refractivity contribution in [1.29, 1.82) is 0 Å². The highest BCUT2D eigenvalue weighted by Crippen LogP contribution is 2.38. The molecule has 0 aromatic rings. The number of carbonyl (C=O) groups excluding carboxylic acids is 1. The molecular formula is C57H113N2O6P. The number of rotatable bonds is 53. The lowest BCUT2D eigenvalue weighted by Crippen LogP contribution is -2.45. The van der Waals surface area contributed by atoms with E-state index in [2.05, 4.69) is 31.3 Å². The smallest absolute Gasteiger partial charge is 0.268 e. The fourth-order valence-electron chi connectivity index (χ4n) is 8.62. The summed E-state index contributed by atoms with van der Waals surface area (Å²) in [5.74, 6) is -0.196. The second-order valence-electron chi connectivity index (χ2n) is 21.0. The predicted molar refractivity (Wildman–Crippen MR) is 284 cm³/mol. The molecule has 0 radical (unpaired) electrons. The first-order chi connectivity index (χ1) is 32.0. The van der Waals surface area contributed by atoms with Crippen molar-refractivity contribution in [3.63, 3.8) is 0 Å². The number of hydrogen-bond donors (Lipinski definition) is 2. The number of quaternary nitrogens is 1. The number of allylic oxidation sites excluding steroid dienone is 3. The van der Waals surface area contributed by atoms with Crippen LogP contribution in [0.5, 0.6) is 0 Å². The average Bonchev–Trinajstić information content (AvgIpc) is 3.28. The van der Waals surface area contributed by atoms with Crippen molar-refractivity contribution in [3.05, 3.63) is 24.3 Å². The van der Waals surface area contributed by atoms with Crippen molar-refractivity contribution in [1.82, 2.24) is 5.32 Å². The summed E-state index contributed by atoms with van der Waals surface area (Å²) in [5.41, 5.74) is 0. The molecular weight excluding hydrogens is 840 g/mol. The Balaban J connectivity index is 4.20. The SMILES string of the molecule is CCCCCCCC/C=C\CCCCCCCCCCCC(=O)NC(COP(=O)([O-])OCC[N+](C)(C)C)C(O)/C=C/CCCCCCCCCCCCCCCCCCCCCCCCC. The van der Waals surface area contributed by atoms with Gasteiger partial charge in [-0.3, -0.25) is 9.36 Å². The zero-order valence-corrected chi connectivity index (χ0v) is 45.6. The molecule has 0 saturated heterocycles. The maximum atomic E-state index is 12.9. The van der Waals surface area contributed by atoms with E-state index < -0.39 is 20.0 Å². The molecule has 3 atom stereocenters. The third kappa shape index (κ3) is 50.8. The van der Waals surface area contributed by atoms with Gasteiger partial charge in [-0.1, -0.05) is 256 Å². The number of hydrogen-bond acceptors (Lipinski definition) is 6. The summed E-state index contributed by atoms with van der Waals surface area (Å²) < 4.78 is 23.4. The molecule has 1 amide bonds. The number of aliphatic hydroxyl groups excluding tert-OH is 1. The number of nitrogens with one attached hydrogen (secondary N) is 1. The minimum absolute atomic E-state index is 0.000319. The van der Waals surface area contributed by atoms with Gasteiger partial charge in [0, 0.05) is 6.42 Å². The predicted octanol–water partition coefficient (Wildman–Crippen LogP) is 16.6. The Bertz CT molecular complexity index is 1130. The summed E-state index contributed by atoms with van der Waals surface area (Å²) in [6.07, 6.45) is 61.0. The number of aliphatic hydroxyl groups is 1. The number of phosphoric ester groups is 1. The lowest BCUT2D eigenvalue weighted by atomic mass is 10.0. The topological polar surface area (TPSA) is 108 Å². The van der Waals surface area contributed by atoms with Crippen molar-refractivity contribution in [3.8, 4) is 0 Å². The molecule has 0 heterocycles. The molecule has 3 unspecified atom stereocenters. The van der Waals surface area contributed by atoms with Gasteiger partial charge in [0.2, 0.25) is 5.91 Å². The van der Waals surface area contributed by atoms with Crippen molar-refractivity contribution in [2.24, 2.45) is 0 Å². The molecule has 0 aromatic carbocycles. The fourth-order valence-corrected chi connectivity index (χ4v) is 9.34. The number of unbranched alkanes of at least 4 members (excludes halogenated alkanes) is 38. The lowest BCUT2D eigenvalue weighted by molar-refractivity contribution is -0.870. The lowest BCUT2D eigenvalue weighted by Gasteiger charge is -2.29. The Morgan fingerprint density at radius 1 is 0.515 bits per heavy atom. The second kappa shape index (κ2) is 49.0. The van der Waals surface area contributed by atoms with Crippen LogP contribution in [0.2, 0.25) is 0 Å². The molecule has 0 saturated carbocycles. The zero-order chi connectivity index (χ0) is 48.5. The monoisotopic (exact) mass is 953 g/mol. The molecule has 0 bridgehead atoms. The van der Waals surface area contributed by atoms with Gasteiger partial charge in [-0.25, -0.2) is 0 Å². The normalized spacial score (nSPS) is 14.1. The van der Waals surface area contributed by atoms with Crippen LogP contribution in [0.15, 0.2) is 24.3 Å². The summed E-state index contributed by atoms with van der Waals surface area (Å²) in [6, 6.07) is -0.886. The van der Waals surface area contributed by atoms with Gasteiger partial charge in [0.1, 0.15) is 13.2 Å². The summed E-state index contributed by atoms with van der Waals surface area (Å²) in [5, 5.41) is 13.9. The van der Waals surface area contributed by atoms with Gasteiger partial charge in [0.25, 0.3) is 7.82 Å². The van der Waals surface area contributed by atoms with Crippen LogP contribution < -0.4 is 10.2 Å². The highest BCUT2D eigenvalue weighted by Gasteiger charge is 2.23. The molecule has 0 aliphatic carbocycles. The van der Waals surface area contributed by atoms with Gasteiger partial charge in [0.05, 0.1) is 39.9 Å². The number of carbonyl (C=O) groups is 1. The van der Waals surface area contributed by atoms with Gasteiger partial charge < -0.3 is 28.8 Å². The van der Waals surface area contributed by atoms with Crippen molar-refractivity contribution in [2.75, 3.05) is 40.9 Å². The van der Waals surface area contributed by atoms with Crippen LogP contribution in [0.1, 0.15) is 284 Å². The number of nitrogens with zero attached hydrogens (tertiary/aromatic N) is 1. The number of amides is 1. The first kappa shape index (κ1) is 65.0. The maximum Gasteiger partial charge on any atom is 0.268 e. The third-order valence-electron chi connectivity index (χ3n) is 13.2. The average molecular weight is 954 g/mol. The van der Waals surface area contributed by atoms with Crippen LogP contribution >= 0.6 is 7.82 Å². The molecule has 0 spiro atoms. The van der Waals surface area contributed by atoms with Crippen molar-refractivity contribution in [2.45, 2.75) is 296 Å². The van der Waals surface area contributed by atoms with Crippen LogP contribution in [0.25, 0.3) is 0 Å². The highest BCUT2D eigenvalue weighted by atomic mass is 31.2. The number of phosphoric acid groups is 1. The molecule has 9 heteroatoms. The Morgan fingerprint density at radius 3 is 1.18 bits per heavy atom. The molecule has 0 aliphatic rings. The van der Waals surface area contributed by atoms with E-state index in [1.807, 2.05) is 27.2 Å². The third-order valence-corrected chi connectivity index (χ3v) is 14.1. The first-order valence-electron chi connectivity index (χ1n) is 28.7. The summed E-state index contributed by atoms with van der Waals surface area (Å²) in [6.45, 7) is 4.68. The summed E-state index contributed by atoms with van der Waals surface area (Å²) in [7, 11) is 1.27. The molecule has 2 N–H and O–H groups in total. The first-order valence-corrected chi connectivity index (χ1v) is 30.2. The largest absolute Gasteiger partial charge is 0.756 e. The molecule has 0 aromatic heterocycles. The molecule has 0 aliphatic heterocycles. The molecule has 66 heavy (non-hydrogen) atoms. The van der Waals surface area contributed by atoms with E-state index in [0.717, 1.165) is 38.5 Å². The standard InChI is InChI=1S/C57H113N2O6P/c1-6-8-10-12-14-16-18-20-22-24-26-27-28-29-30-31-33-34-36-38-40-42-44-46-48-50-56(60)55(54-65-66(62,63)64-53-52-59(3,4)5)58-57(61)51-49-47-45-43-41-39-37-35-32-25-23-21-19-17-15-13-11-9-7-2/h21,23,48,50,55-56,60H,6-20,22,24-47,49,51-54H2,1-5H3,(H-,58,61,62,63)/b23-21-,50-48+. The van der Waals surface area contributed by atoms with Crippen LogP contribution in [-0.2, 0) is 18.4 Å². The van der Waals surface area contributed by atoms with Gasteiger partial charge in [-0.05, 0) is 44.9 Å². The Labute approximate surface area is 411 Å². The Morgan fingerprint density at radius 2 is 0.833 bits per heavy atom. The van der Waals surface area contributed by atoms with E-state index in [4.69, 9.17) is 9.05 Å². The van der Waals surface area contributed by atoms with E-state index >= 15 is 0 Å². The molecule has 0 rings (SSSR count). The van der Waals surface area contributed by atoms with Crippen LogP contribution in [0.4, 0.5) is 0 Å². The van der Waals surface area contributed by atoms with Crippen LogP contribution in [0, 0.1) is 0 Å². The maximum absolute atomic E-state index is 12.9. The molecule has 392 valence electrons. The van der Waals surface area contributed by atoms with E-state index in [0.29, 0.717) is 17.4 Å². The van der Waals surface area contributed by atoms with Crippen LogP contribution in [0.3, 0.4) is 0 Å².